The van der Waals surface area contributed by atoms with E-state index >= 15 is 0 Å². The van der Waals surface area contributed by atoms with Gasteiger partial charge in [0, 0.05) is 0 Å². The normalized spacial score (nSPS) is 11.8. The lowest BCUT2D eigenvalue weighted by Crippen LogP contribution is -2.25. The molecule has 226 valence electrons. The molecule has 0 aromatic heterocycles. The van der Waals surface area contributed by atoms with Crippen molar-refractivity contribution in [1.29, 1.82) is 0 Å². The highest BCUT2D eigenvalue weighted by Gasteiger charge is 2.22. The Morgan fingerprint density at radius 2 is 0.771 bits per heavy atom. The average molecular weight is 629 g/mol. The molecule has 0 unspecified atom stereocenters. The van der Waals surface area contributed by atoms with Crippen LogP contribution in [0.15, 0.2) is 188 Å². The maximum atomic E-state index is 4.92. The largest absolute Gasteiger partial charge is 0.0887 e. The van der Waals surface area contributed by atoms with Crippen LogP contribution < -0.4 is 15.9 Å². The number of benzene rings is 9. The molecular weight excluding hydrogens is 595 g/mol. The molecule has 0 fully saturated rings. The van der Waals surface area contributed by atoms with Crippen molar-refractivity contribution in [2.75, 3.05) is 0 Å². The van der Waals surface area contributed by atoms with Gasteiger partial charge in [0.15, 0.2) is 0 Å². The fraction of sp³-hybridized carbons (Fsp3) is 0. The first-order valence-electron chi connectivity index (χ1n) is 16.5. The third kappa shape index (κ3) is 4.69. The van der Waals surface area contributed by atoms with E-state index in [1.54, 1.807) is 0 Å². The van der Waals surface area contributed by atoms with Crippen LogP contribution in [0.4, 0.5) is 0 Å². The van der Waals surface area contributed by atoms with Crippen molar-refractivity contribution >= 4 is 61.4 Å². The summed E-state index contributed by atoms with van der Waals surface area (Å²) in [7, 11) is 0. The van der Waals surface area contributed by atoms with Gasteiger partial charge >= 0.3 is 0 Å². The van der Waals surface area contributed by atoms with Gasteiger partial charge in [0.05, 0.1) is 0 Å². The summed E-state index contributed by atoms with van der Waals surface area (Å²) in [4.78, 5) is 0. The van der Waals surface area contributed by atoms with E-state index in [4.69, 9.17) is 6.30 Å². The van der Waals surface area contributed by atoms with Gasteiger partial charge in [-0.15, -0.1) is 0 Å². The van der Waals surface area contributed by atoms with E-state index in [-0.39, 0.29) is 0 Å². The van der Waals surface area contributed by atoms with Crippen LogP contribution in [-0.4, -0.2) is 6.30 Å². The highest BCUT2D eigenvalue weighted by molar-refractivity contribution is 7.93. The average Bonchev–Trinajstić information content (AvgIpc) is 3.17. The van der Waals surface area contributed by atoms with Crippen LogP contribution in [0.25, 0.3) is 65.7 Å². The van der Waals surface area contributed by atoms with Crippen LogP contribution in [0.1, 0.15) is 0 Å². The van der Waals surface area contributed by atoms with Crippen molar-refractivity contribution in [2.24, 2.45) is 0 Å². The summed E-state index contributed by atoms with van der Waals surface area (Å²) in [5.41, 5.74) is 7.34. The zero-order valence-corrected chi connectivity index (χ0v) is 27.4. The molecule has 9 aromatic rings. The molecule has 9 rings (SSSR count). The van der Waals surface area contributed by atoms with Crippen LogP contribution >= 0.6 is 6.89 Å². The summed E-state index contributed by atoms with van der Waals surface area (Å²) in [6.45, 7) is -2.02. The zero-order valence-electron chi connectivity index (χ0n) is 26.6. The van der Waals surface area contributed by atoms with Gasteiger partial charge in [0.25, 0.3) is 0 Å². The molecule has 0 heterocycles. The fourth-order valence-electron chi connectivity index (χ4n) is 7.45. The molecule has 0 saturated heterocycles. The Morgan fingerprint density at radius 1 is 0.312 bits per heavy atom. The van der Waals surface area contributed by atoms with Gasteiger partial charge in [-0.1, -0.05) is 182 Å². The molecule has 1 heteroatoms. The molecular formula is C47H33P. The van der Waals surface area contributed by atoms with E-state index in [0.29, 0.717) is 0 Å². The Bertz CT molecular complexity index is 2560. The minimum Gasteiger partial charge on any atom is -0.0887 e. The maximum Gasteiger partial charge on any atom is -0.00206 e. The quantitative estimate of drug-likeness (QED) is 0.127. The number of rotatable bonds is 6. The molecule has 0 nitrogen and oxygen atoms in total. The minimum atomic E-state index is -2.02. The standard InChI is InChI=1S/C47H33P/c1-48(41-17-4-2-5-18-41,42-19-6-3-7-20-42)43-27-23-33(24-28-43)37-13-9-14-38(31-37)39-15-10-16-40(32-39)44-29-25-36-22-21-34-11-8-12-35-26-30-45(44)47(36)46(34)35/h2-32H,1H2. The fourth-order valence-corrected chi connectivity index (χ4v) is 10.4. The first-order chi connectivity index (χ1) is 23.7. The third-order valence-electron chi connectivity index (χ3n) is 9.93. The van der Waals surface area contributed by atoms with Crippen molar-refractivity contribution in [3.8, 4) is 33.4 Å². The molecule has 0 aliphatic carbocycles. The zero-order chi connectivity index (χ0) is 32.1. The van der Waals surface area contributed by atoms with Gasteiger partial charge in [0.1, 0.15) is 0 Å². The molecule has 0 saturated carbocycles. The maximum absolute atomic E-state index is 4.92. The van der Waals surface area contributed by atoms with E-state index in [0.717, 1.165) is 0 Å². The molecule has 48 heavy (non-hydrogen) atoms. The van der Waals surface area contributed by atoms with Crippen LogP contribution in [-0.2, 0) is 0 Å². The summed E-state index contributed by atoms with van der Waals surface area (Å²) >= 11 is 0. The van der Waals surface area contributed by atoms with Crippen molar-refractivity contribution in [1.82, 2.24) is 0 Å². The summed E-state index contributed by atoms with van der Waals surface area (Å²) in [5.74, 6) is 0. The monoisotopic (exact) mass is 628 g/mol. The molecule has 0 aliphatic rings. The molecule has 0 bridgehead atoms. The van der Waals surface area contributed by atoms with Crippen molar-refractivity contribution in [3.05, 3.63) is 188 Å². The first kappa shape index (κ1) is 28.5. The topological polar surface area (TPSA) is 0 Å². The molecule has 0 spiro atoms. The van der Waals surface area contributed by atoms with Gasteiger partial charge < -0.3 is 0 Å². The Morgan fingerprint density at radius 3 is 1.40 bits per heavy atom. The van der Waals surface area contributed by atoms with Crippen molar-refractivity contribution < 1.29 is 0 Å². The predicted octanol–water partition coefficient (Wildman–Crippen LogP) is 11.3. The number of hydrogen-bond donors (Lipinski definition) is 0. The Kier molecular flexibility index (Phi) is 6.86. The first-order valence-corrected chi connectivity index (χ1v) is 18.5. The molecule has 0 atom stereocenters. The van der Waals surface area contributed by atoms with Gasteiger partial charge in [-0.05, 0) is 101 Å². The predicted molar refractivity (Wildman–Crippen MR) is 212 cm³/mol. The highest BCUT2D eigenvalue weighted by atomic mass is 31.2. The van der Waals surface area contributed by atoms with Crippen LogP contribution in [0.5, 0.6) is 0 Å². The summed E-state index contributed by atoms with van der Waals surface area (Å²) in [5, 5.41) is 11.7. The van der Waals surface area contributed by atoms with Crippen LogP contribution in [0.2, 0.25) is 0 Å². The smallest absolute Gasteiger partial charge is 0.00206 e. The lowest BCUT2D eigenvalue weighted by molar-refractivity contribution is 1.59. The molecule has 0 amide bonds. The van der Waals surface area contributed by atoms with E-state index in [9.17, 15) is 0 Å². The van der Waals surface area contributed by atoms with E-state index in [2.05, 4.69) is 188 Å². The summed E-state index contributed by atoms with van der Waals surface area (Å²) in [6, 6.07) is 68.8. The summed E-state index contributed by atoms with van der Waals surface area (Å²) in [6.07, 6.45) is 4.92. The molecule has 9 aromatic carbocycles. The number of hydrogen-bond acceptors (Lipinski definition) is 0. The van der Waals surface area contributed by atoms with Crippen LogP contribution in [0, 0.1) is 0 Å². The molecule has 0 radical (unpaired) electrons. The molecule has 0 aliphatic heterocycles. The Hall–Kier alpha value is -5.68. The van der Waals surface area contributed by atoms with Gasteiger partial charge in [0.2, 0.25) is 0 Å². The second kappa shape index (κ2) is 11.5. The van der Waals surface area contributed by atoms with Crippen molar-refractivity contribution in [3.63, 3.8) is 0 Å². The lowest BCUT2D eigenvalue weighted by atomic mass is 9.89. The van der Waals surface area contributed by atoms with Crippen LogP contribution in [0.3, 0.4) is 0 Å². The second-order valence-corrected chi connectivity index (χ2v) is 15.8. The summed E-state index contributed by atoms with van der Waals surface area (Å²) < 4.78 is 0. The SMILES string of the molecule is C=P(c1ccccc1)(c1ccccc1)c1ccc(-c2cccc(-c3cccc(-c4ccc5ccc6cccc7ccc4c5c67)c3)c2)cc1. The van der Waals surface area contributed by atoms with Crippen molar-refractivity contribution in [2.45, 2.75) is 0 Å². The van der Waals surface area contributed by atoms with E-state index in [1.807, 2.05) is 0 Å². The van der Waals surface area contributed by atoms with E-state index < -0.39 is 6.89 Å². The third-order valence-corrected chi connectivity index (χ3v) is 13.5. The lowest BCUT2D eigenvalue weighted by Gasteiger charge is -2.26. The Labute approximate surface area is 281 Å². The molecule has 0 N–H and O–H groups in total. The van der Waals surface area contributed by atoms with E-state index in [1.165, 1.54) is 81.6 Å². The minimum absolute atomic E-state index is 1.20. The second-order valence-electron chi connectivity index (χ2n) is 12.7. The van der Waals surface area contributed by atoms with Gasteiger partial charge in [-0.2, -0.15) is 0 Å². The Balaban J connectivity index is 1.09. The highest BCUT2D eigenvalue weighted by Crippen LogP contribution is 2.43. The van der Waals surface area contributed by atoms with Gasteiger partial charge in [-0.3, -0.25) is 0 Å². The van der Waals surface area contributed by atoms with Gasteiger partial charge in [-0.25, -0.2) is 0 Å².